The van der Waals surface area contributed by atoms with Crippen molar-refractivity contribution < 1.29 is 22.0 Å². The fraction of sp³-hybridized carbons (Fsp3) is 0.571. The molecule has 9 heteroatoms. The van der Waals surface area contributed by atoms with Crippen molar-refractivity contribution in [2.45, 2.75) is 25.1 Å². The maximum atomic E-state index is 13.9. The topological polar surface area (TPSA) is 15.3 Å². The highest BCUT2D eigenvalue weighted by molar-refractivity contribution is 5.85. The summed E-state index contributed by atoms with van der Waals surface area (Å²) in [5.74, 6) is -1.52. The zero-order chi connectivity index (χ0) is 15.5. The van der Waals surface area contributed by atoms with E-state index in [9.17, 15) is 22.0 Å². The molecule has 134 valence electrons. The Labute approximate surface area is 144 Å². The number of piperazine rings is 1. The highest BCUT2D eigenvalue weighted by atomic mass is 35.5. The lowest BCUT2D eigenvalue weighted by atomic mass is 9.98. The van der Waals surface area contributed by atoms with Crippen LogP contribution in [0.15, 0.2) is 18.2 Å². The Morgan fingerprint density at radius 2 is 1.70 bits per heavy atom. The monoisotopic (exact) mass is 380 g/mol. The molecule has 0 aliphatic carbocycles. The average molecular weight is 381 g/mol. The van der Waals surface area contributed by atoms with Gasteiger partial charge in [0.1, 0.15) is 11.6 Å². The first-order chi connectivity index (χ1) is 9.87. The predicted molar refractivity (Wildman–Crippen MR) is 83.3 cm³/mol. The summed E-state index contributed by atoms with van der Waals surface area (Å²) in [6.07, 6.45) is -5.51. The number of hydrogen-bond donors (Lipinski definition) is 1. The molecule has 1 aromatic rings. The summed E-state index contributed by atoms with van der Waals surface area (Å²) in [5.41, 5.74) is 0.127. The van der Waals surface area contributed by atoms with Gasteiger partial charge in [-0.05, 0) is 12.5 Å². The van der Waals surface area contributed by atoms with Crippen LogP contribution in [0, 0.1) is 11.6 Å². The van der Waals surface area contributed by atoms with Crippen LogP contribution in [0.1, 0.15) is 24.4 Å². The van der Waals surface area contributed by atoms with Crippen LogP contribution in [-0.4, -0.2) is 37.3 Å². The first kappa shape index (κ1) is 22.4. The highest BCUT2D eigenvalue weighted by Crippen LogP contribution is 2.33. The maximum absolute atomic E-state index is 13.9. The number of rotatable bonds is 4. The molecular formula is C14H19Cl2F5N2. The Bertz CT molecular complexity index is 479. The van der Waals surface area contributed by atoms with Gasteiger partial charge in [-0.25, -0.2) is 8.78 Å². The first-order valence-electron chi connectivity index (χ1n) is 6.83. The lowest BCUT2D eigenvalue weighted by molar-refractivity contribution is -0.138. The van der Waals surface area contributed by atoms with Crippen LogP contribution in [-0.2, 0) is 0 Å². The Balaban J connectivity index is 0.00000242. The summed E-state index contributed by atoms with van der Waals surface area (Å²) in [6, 6.07) is 2.36. The van der Waals surface area contributed by atoms with Crippen LogP contribution in [0.4, 0.5) is 22.0 Å². The number of benzene rings is 1. The smallest absolute Gasteiger partial charge is 0.314 e. The molecule has 1 saturated heterocycles. The third-order valence-corrected chi connectivity index (χ3v) is 3.62. The van der Waals surface area contributed by atoms with Gasteiger partial charge in [-0.3, -0.25) is 4.90 Å². The van der Waals surface area contributed by atoms with Crippen LogP contribution in [0.3, 0.4) is 0 Å². The Hall–Kier alpha value is -0.630. The molecule has 1 aliphatic rings. The lowest BCUT2D eigenvalue weighted by Gasteiger charge is -2.35. The molecule has 0 spiro atoms. The average Bonchev–Trinajstić information content (AvgIpc) is 2.41. The van der Waals surface area contributed by atoms with Gasteiger partial charge < -0.3 is 5.32 Å². The molecule has 0 bridgehead atoms. The van der Waals surface area contributed by atoms with E-state index in [1.165, 1.54) is 6.07 Å². The van der Waals surface area contributed by atoms with E-state index in [-0.39, 0.29) is 36.8 Å². The summed E-state index contributed by atoms with van der Waals surface area (Å²) in [6.45, 7) is 2.37. The van der Waals surface area contributed by atoms with Crippen LogP contribution in [0.2, 0.25) is 0 Å². The van der Waals surface area contributed by atoms with Gasteiger partial charge in [0, 0.05) is 50.3 Å². The molecule has 23 heavy (non-hydrogen) atoms. The molecule has 1 aliphatic heterocycles. The second-order valence-corrected chi connectivity index (χ2v) is 5.12. The van der Waals surface area contributed by atoms with Gasteiger partial charge in [0.15, 0.2) is 0 Å². The number of alkyl halides is 3. The standard InChI is InChI=1S/C14H17F5N2.2ClH/c15-10-1-2-11(12(16)9-10)13(3-4-14(17,18)19)21-7-5-20-6-8-21;;/h1-2,9,13,20H,3-8H2;2*1H/t13-;;/m1../s1. The highest BCUT2D eigenvalue weighted by Gasteiger charge is 2.32. The summed E-state index contributed by atoms with van der Waals surface area (Å²) in [4.78, 5) is 1.82. The predicted octanol–water partition coefficient (Wildman–Crippen LogP) is 4.10. The van der Waals surface area contributed by atoms with Gasteiger partial charge in [0.05, 0.1) is 0 Å². The van der Waals surface area contributed by atoms with Crippen molar-refractivity contribution in [3.63, 3.8) is 0 Å². The van der Waals surface area contributed by atoms with E-state index < -0.39 is 30.3 Å². The van der Waals surface area contributed by atoms with Crippen molar-refractivity contribution in [2.24, 2.45) is 0 Å². The number of hydrogen-bond acceptors (Lipinski definition) is 2. The molecule has 1 aromatic carbocycles. The van der Waals surface area contributed by atoms with Crippen molar-refractivity contribution in [3.05, 3.63) is 35.4 Å². The molecule has 1 atom stereocenters. The van der Waals surface area contributed by atoms with Crippen molar-refractivity contribution in [1.29, 1.82) is 0 Å². The normalized spacial score (nSPS) is 17.1. The Kier molecular flexibility index (Phi) is 9.35. The van der Waals surface area contributed by atoms with E-state index in [1.807, 2.05) is 4.90 Å². The third kappa shape index (κ3) is 6.79. The van der Waals surface area contributed by atoms with Gasteiger partial charge in [-0.15, -0.1) is 24.8 Å². The van der Waals surface area contributed by atoms with Crippen LogP contribution >= 0.6 is 24.8 Å². The maximum Gasteiger partial charge on any atom is 0.389 e. The minimum absolute atomic E-state index is 0. The van der Waals surface area contributed by atoms with Gasteiger partial charge in [0.25, 0.3) is 0 Å². The molecule has 0 aromatic heterocycles. The van der Waals surface area contributed by atoms with E-state index in [0.29, 0.717) is 26.2 Å². The fourth-order valence-corrected chi connectivity index (χ4v) is 2.60. The molecular weight excluding hydrogens is 362 g/mol. The number of halogens is 7. The lowest BCUT2D eigenvalue weighted by Crippen LogP contribution is -2.45. The number of nitrogens with zero attached hydrogens (tertiary/aromatic N) is 1. The van der Waals surface area contributed by atoms with Crippen LogP contribution < -0.4 is 5.32 Å². The molecule has 1 fully saturated rings. The molecule has 0 saturated carbocycles. The SMILES string of the molecule is Cl.Cl.Fc1ccc([C@@H](CCC(F)(F)F)N2CCNCC2)c(F)c1. The molecule has 0 amide bonds. The van der Waals surface area contributed by atoms with Gasteiger partial charge in [-0.2, -0.15) is 13.2 Å². The largest absolute Gasteiger partial charge is 0.389 e. The molecule has 1 N–H and O–H groups in total. The van der Waals surface area contributed by atoms with Gasteiger partial charge >= 0.3 is 6.18 Å². The van der Waals surface area contributed by atoms with Crippen molar-refractivity contribution >= 4 is 24.8 Å². The molecule has 0 unspecified atom stereocenters. The number of nitrogens with one attached hydrogen (secondary N) is 1. The van der Waals surface area contributed by atoms with Gasteiger partial charge in [0.2, 0.25) is 0 Å². The van der Waals surface area contributed by atoms with E-state index >= 15 is 0 Å². The molecule has 2 rings (SSSR count). The summed E-state index contributed by atoms with van der Waals surface area (Å²) in [5, 5.41) is 3.10. The van der Waals surface area contributed by atoms with E-state index in [1.54, 1.807) is 0 Å². The molecule has 0 radical (unpaired) electrons. The second-order valence-electron chi connectivity index (χ2n) is 5.12. The summed E-state index contributed by atoms with van der Waals surface area (Å²) >= 11 is 0. The third-order valence-electron chi connectivity index (χ3n) is 3.62. The van der Waals surface area contributed by atoms with Crippen molar-refractivity contribution in [2.75, 3.05) is 26.2 Å². The molecule has 1 heterocycles. The summed E-state index contributed by atoms with van der Waals surface area (Å²) < 4.78 is 64.3. The Morgan fingerprint density at radius 3 is 2.22 bits per heavy atom. The molecule has 2 nitrogen and oxygen atoms in total. The van der Waals surface area contributed by atoms with Crippen LogP contribution in [0.25, 0.3) is 0 Å². The van der Waals surface area contributed by atoms with E-state index in [2.05, 4.69) is 5.32 Å². The zero-order valence-electron chi connectivity index (χ0n) is 12.2. The first-order valence-corrected chi connectivity index (χ1v) is 6.83. The fourth-order valence-electron chi connectivity index (χ4n) is 2.60. The van der Waals surface area contributed by atoms with Crippen molar-refractivity contribution in [1.82, 2.24) is 10.2 Å². The minimum atomic E-state index is -4.29. The van der Waals surface area contributed by atoms with Gasteiger partial charge in [-0.1, -0.05) is 6.07 Å². The van der Waals surface area contributed by atoms with Crippen molar-refractivity contribution in [3.8, 4) is 0 Å². The Morgan fingerprint density at radius 1 is 1.09 bits per heavy atom. The van der Waals surface area contributed by atoms with E-state index in [0.717, 1.165) is 12.1 Å². The van der Waals surface area contributed by atoms with E-state index in [4.69, 9.17) is 0 Å². The zero-order valence-corrected chi connectivity index (χ0v) is 13.8. The second kappa shape index (κ2) is 9.61. The quantitative estimate of drug-likeness (QED) is 0.791. The minimum Gasteiger partial charge on any atom is -0.314 e. The summed E-state index contributed by atoms with van der Waals surface area (Å²) in [7, 11) is 0. The van der Waals surface area contributed by atoms with Crippen LogP contribution in [0.5, 0.6) is 0 Å².